The lowest BCUT2D eigenvalue weighted by Crippen LogP contribution is -2.61. The second-order valence-electron chi connectivity index (χ2n) is 6.28. The Hall–Kier alpha value is -0.940. The van der Waals surface area contributed by atoms with Crippen LogP contribution >= 0.6 is 0 Å². The predicted molar refractivity (Wildman–Crippen MR) is 79.4 cm³/mol. The van der Waals surface area contributed by atoms with Gasteiger partial charge in [0.05, 0.1) is 6.54 Å². The summed E-state index contributed by atoms with van der Waals surface area (Å²) in [6, 6.07) is 0. The normalized spacial score (nSPS) is 23.2. The molecule has 1 spiro atoms. The second-order valence-corrected chi connectivity index (χ2v) is 6.28. The highest BCUT2D eigenvalue weighted by molar-refractivity contribution is 5.00. The third kappa shape index (κ3) is 2.74. The molecule has 0 amide bonds. The summed E-state index contributed by atoms with van der Waals surface area (Å²) in [5.41, 5.74) is 0.374. The van der Waals surface area contributed by atoms with E-state index >= 15 is 0 Å². The van der Waals surface area contributed by atoms with Crippen molar-refractivity contribution in [3.63, 3.8) is 0 Å². The maximum Gasteiger partial charge on any atom is 0.141 e. The molecule has 1 aromatic heterocycles. The first kappa shape index (κ1) is 14.0. The third-order valence-electron chi connectivity index (χ3n) is 4.93. The van der Waals surface area contributed by atoms with Crippen LogP contribution in [0.25, 0.3) is 0 Å². The van der Waals surface area contributed by atoms with Gasteiger partial charge in [-0.15, -0.1) is 0 Å². The van der Waals surface area contributed by atoms with Crippen molar-refractivity contribution in [2.24, 2.45) is 0 Å². The van der Waals surface area contributed by atoms with E-state index in [0.29, 0.717) is 5.54 Å². The molecule has 0 unspecified atom stereocenters. The molecular formula is C15H27N5. The van der Waals surface area contributed by atoms with Crippen LogP contribution in [0.4, 0.5) is 0 Å². The Morgan fingerprint density at radius 2 is 2.15 bits per heavy atom. The molecule has 1 aliphatic heterocycles. The third-order valence-corrected chi connectivity index (χ3v) is 4.93. The van der Waals surface area contributed by atoms with Crippen molar-refractivity contribution in [2.75, 3.05) is 19.6 Å². The van der Waals surface area contributed by atoms with Gasteiger partial charge in [-0.1, -0.05) is 26.2 Å². The second kappa shape index (κ2) is 6.22. The SMILES string of the molecule is CCCn1ncnc1CN1CCNCC12CCCCC2. The molecule has 1 N–H and O–H groups in total. The van der Waals surface area contributed by atoms with E-state index < -0.39 is 0 Å². The molecule has 1 saturated carbocycles. The molecule has 20 heavy (non-hydrogen) atoms. The molecule has 1 aromatic rings. The topological polar surface area (TPSA) is 46.0 Å². The van der Waals surface area contributed by atoms with E-state index in [-0.39, 0.29) is 0 Å². The summed E-state index contributed by atoms with van der Waals surface area (Å²) < 4.78 is 2.08. The minimum absolute atomic E-state index is 0.374. The molecule has 0 atom stereocenters. The largest absolute Gasteiger partial charge is 0.314 e. The zero-order chi connectivity index (χ0) is 13.8. The lowest BCUT2D eigenvalue weighted by atomic mass is 9.79. The summed E-state index contributed by atoms with van der Waals surface area (Å²) >= 11 is 0. The van der Waals surface area contributed by atoms with Crippen LogP contribution < -0.4 is 5.32 Å². The molecule has 1 saturated heterocycles. The monoisotopic (exact) mass is 277 g/mol. The van der Waals surface area contributed by atoms with Gasteiger partial charge in [-0.2, -0.15) is 5.10 Å². The molecule has 3 rings (SSSR count). The molecular weight excluding hydrogens is 250 g/mol. The average molecular weight is 277 g/mol. The maximum absolute atomic E-state index is 4.50. The maximum atomic E-state index is 4.50. The Morgan fingerprint density at radius 1 is 1.30 bits per heavy atom. The van der Waals surface area contributed by atoms with Crippen LogP contribution in [0, 0.1) is 0 Å². The van der Waals surface area contributed by atoms with Crippen molar-refractivity contribution in [3.8, 4) is 0 Å². The highest BCUT2D eigenvalue weighted by Crippen LogP contribution is 2.35. The number of nitrogens with zero attached hydrogens (tertiary/aromatic N) is 4. The quantitative estimate of drug-likeness (QED) is 0.911. The van der Waals surface area contributed by atoms with Gasteiger partial charge in [0.25, 0.3) is 0 Å². The van der Waals surface area contributed by atoms with Crippen molar-refractivity contribution >= 4 is 0 Å². The van der Waals surface area contributed by atoms with Crippen LogP contribution in [-0.4, -0.2) is 44.8 Å². The van der Waals surface area contributed by atoms with E-state index in [1.54, 1.807) is 6.33 Å². The first-order valence-corrected chi connectivity index (χ1v) is 8.16. The van der Waals surface area contributed by atoms with Crippen LogP contribution in [-0.2, 0) is 13.1 Å². The molecule has 2 heterocycles. The van der Waals surface area contributed by atoms with E-state index in [2.05, 4.69) is 31.9 Å². The summed E-state index contributed by atoms with van der Waals surface area (Å²) in [6.07, 6.45) is 9.65. The average Bonchev–Trinajstić information content (AvgIpc) is 2.90. The lowest BCUT2D eigenvalue weighted by Gasteiger charge is -2.49. The number of aryl methyl sites for hydroxylation is 1. The Morgan fingerprint density at radius 3 is 2.95 bits per heavy atom. The number of rotatable bonds is 4. The van der Waals surface area contributed by atoms with E-state index in [9.17, 15) is 0 Å². The van der Waals surface area contributed by atoms with Crippen LogP contribution in [0.5, 0.6) is 0 Å². The number of hydrogen-bond donors (Lipinski definition) is 1. The van der Waals surface area contributed by atoms with E-state index in [4.69, 9.17) is 0 Å². The van der Waals surface area contributed by atoms with Crippen molar-refractivity contribution in [1.82, 2.24) is 25.0 Å². The van der Waals surface area contributed by atoms with Gasteiger partial charge in [0.1, 0.15) is 12.2 Å². The van der Waals surface area contributed by atoms with Gasteiger partial charge in [-0.3, -0.25) is 4.90 Å². The number of piperazine rings is 1. The van der Waals surface area contributed by atoms with Crippen molar-refractivity contribution in [2.45, 2.75) is 64.1 Å². The molecule has 0 bridgehead atoms. The molecule has 0 aromatic carbocycles. The Kier molecular flexibility index (Phi) is 4.36. The molecule has 2 fully saturated rings. The van der Waals surface area contributed by atoms with E-state index in [1.807, 2.05) is 0 Å². The van der Waals surface area contributed by atoms with Crippen LogP contribution in [0.15, 0.2) is 6.33 Å². The fourth-order valence-corrected chi connectivity index (χ4v) is 3.81. The van der Waals surface area contributed by atoms with Gasteiger partial charge in [0.15, 0.2) is 0 Å². The molecule has 5 heteroatoms. The standard InChI is InChI=1S/C15H27N5/c1-2-9-20-14(17-13-18-20)11-19-10-8-16-12-15(19)6-4-3-5-7-15/h13,16H,2-12H2,1H3. The van der Waals surface area contributed by atoms with Gasteiger partial charge in [0.2, 0.25) is 0 Å². The fraction of sp³-hybridized carbons (Fsp3) is 0.867. The fourth-order valence-electron chi connectivity index (χ4n) is 3.81. The summed E-state index contributed by atoms with van der Waals surface area (Å²) in [7, 11) is 0. The predicted octanol–water partition coefficient (Wildman–Crippen LogP) is 1.80. The minimum atomic E-state index is 0.374. The summed E-state index contributed by atoms with van der Waals surface area (Å²) in [5, 5.41) is 7.98. The van der Waals surface area contributed by atoms with Crippen LogP contribution in [0.2, 0.25) is 0 Å². The van der Waals surface area contributed by atoms with Crippen LogP contribution in [0.3, 0.4) is 0 Å². The van der Waals surface area contributed by atoms with Gasteiger partial charge < -0.3 is 5.32 Å². The number of hydrogen-bond acceptors (Lipinski definition) is 4. The van der Waals surface area contributed by atoms with E-state index in [0.717, 1.165) is 45.0 Å². The van der Waals surface area contributed by atoms with Gasteiger partial charge >= 0.3 is 0 Å². The summed E-state index contributed by atoms with van der Waals surface area (Å²) in [6.45, 7) is 7.52. The highest BCUT2D eigenvalue weighted by Gasteiger charge is 2.39. The van der Waals surface area contributed by atoms with Crippen molar-refractivity contribution in [1.29, 1.82) is 0 Å². The zero-order valence-electron chi connectivity index (χ0n) is 12.6. The number of aromatic nitrogens is 3. The smallest absolute Gasteiger partial charge is 0.141 e. The molecule has 2 aliphatic rings. The Balaban J connectivity index is 1.74. The first-order valence-electron chi connectivity index (χ1n) is 8.16. The Labute approximate surface area is 121 Å². The van der Waals surface area contributed by atoms with Gasteiger partial charge in [-0.05, 0) is 19.3 Å². The molecule has 112 valence electrons. The first-order chi connectivity index (χ1) is 9.84. The molecule has 1 aliphatic carbocycles. The lowest BCUT2D eigenvalue weighted by molar-refractivity contribution is 0.0179. The highest BCUT2D eigenvalue weighted by atomic mass is 15.4. The van der Waals surface area contributed by atoms with Crippen molar-refractivity contribution in [3.05, 3.63) is 12.2 Å². The van der Waals surface area contributed by atoms with Crippen molar-refractivity contribution < 1.29 is 0 Å². The summed E-state index contributed by atoms with van der Waals surface area (Å²) in [5.74, 6) is 1.14. The zero-order valence-corrected chi connectivity index (χ0v) is 12.6. The van der Waals surface area contributed by atoms with Gasteiger partial charge in [0, 0.05) is 31.7 Å². The number of nitrogens with one attached hydrogen (secondary N) is 1. The van der Waals surface area contributed by atoms with Gasteiger partial charge in [-0.25, -0.2) is 9.67 Å². The molecule has 5 nitrogen and oxygen atoms in total. The summed E-state index contributed by atoms with van der Waals surface area (Å²) in [4.78, 5) is 7.18. The molecule has 0 radical (unpaired) electrons. The van der Waals surface area contributed by atoms with E-state index in [1.165, 1.54) is 32.1 Å². The Bertz CT molecular complexity index is 413. The van der Waals surface area contributed by atoms with Crippen LogP contribution in [0.1, 0.15) is 51.3 Å². The minimum Gasteiger partial charge on any atom is -0.314 e.